The average Bonchev–Trinajstić information content (AvgIpc) is 3.56. The standard InChI is InChI=1S/C31H27NO7S/c33-26(13-9-21-10-14-27-28(17-21)39-20-38-27)23-5-4-6-25(19-23)37-16-3-1-2-15-36-24-11-7-22(8-12-24)18-29-30(34)32-31(35)40-29/h4-14,17-19H,1-3,15-16,20H2,(H,32,34,35). The molecule has 2 aliphatic heterocycles. The van der Waals surface area contributed by atoms with Gasteiger partial charge in [-0.2, -0.15) is 0 Å². The summed E-state index contributed by atoms with van der Waals surface area (Å²) in [6.07, 6.45) is 7.63. The van der Waals surface area contributed by atoms with E-state index in [0.717, 1.165) is 47.9 Å². The maximum atomic E-state index is 12.6. The van der Waals surface area contributed by atoms with Crippen LogP contribution in [-0.2, 0) is 4.79 Å². The number of ether oxygens (including phenoxy) is 4. The second kappa shape index (κ2) is 13.0. The Hall–Kier alpha value is -4.50. The number of imide groups is 1. The highest BCUT2D eigenvalue weighted by molar-refractivity contribution is 8.18. The number of thioether (sulfide) groups is 1. The second-order valence-corrected chi connectivity index (χ2v) is 10.0. The van der Waals surface area contributed by atoms with Gasteiger partial charge >= 0.3 is 0 Å². The molecule has 204 valence electrons. The van der Waals surface area contributed by atoms with Gasteiger partial charge < -0.3 is 18.9 Å². The molecule has 0 saturated carbocycles. The SMILES string of the molecule is O=C1NC(=O)C(=Cc2ccc(OCCCCCOc3cccc(C(=O)C=Cc4ccc5c(c4)OCO5)c3)cc2)S1. The van der Waals surface area contributed by atoms with Gasteiger partial charge in [0.15, 0.2) is 17.3 Å². The van der Waals surface area contributed by atoms with Crippen molar-refractivity contribution < 1.29 is 33.3 Å². The highest BCUT2D eigenvalue weighted by Gasteiger charge is 2.24. The lowest BCUT2D eigenvalue weighted by atomic mass is 10.1. The number of nitrogens with one attached hydrogen (secondary N) is 1. The minimum Gasteiger partial charge on any atom is -0.494 e. The fraction of sp³-hybridized carbons (Fsp3) is 0.194. The van der Waals surface area contributed by atoms with Crippen LogP contribution in [0, 0.1) is 0 Å². The van der Waals surface area contributed by atoms with Crippen LogP contribution < -0.4 is 24.3 Å². The van der Waals surface area contributed by atoms with E-state index >= 15 is 0 Å². The zero-order chi connectivity index (χ0) is 27.7. The molecule has 2 heterocycles. The zero-order valence-electron chi connectivity index (χ0n) is 21.6. The molecule has 8 nitrogen and oxygen atoms in total. The number of carbonyl (C=O) groups excluding carboxylic acids is 3. The maximum absolute atomic E-state index is 12.6. The summed E-state index contributed by atoms with van der Waals surface area (Å²) in [6, 6.07) is 20.1. The molecule has 1 fully saturated rings. The van der Waals surface area contributed by atoms with Gasteiger partial charge in [-0.3, -0.25) is 19.7 Å². The molecule has 0 bridgehead atoms. The van der Waals surface area contributed by atoms with Crippen molar-refractivity contribution in [2.24, 2.45) is 0 Å². The first-order valence-electron chi connectivity index (χ1n) is 12.9. The molecule has 2 amide bonds. The van der Waals surface area contributed by atoms with Crippen molar-refractivity contribution in [3.63, 3.8) is 0 Å². The van der Waals surface area contributed by atoms with Crippen LogP contribution in [0.25, 0.3) is 12.2 Å². The lowest BCUT2D eigenvalue weighted by molar-refractivity contribution is -0.115. The summed E-state index contributed by atoms with van der Waals surface area (Å²) < 4.78 is 22.3. The predicted octanol–water partition coefficient (Wildman–Crippen LogP) is 6.26. The van der Waals surface area contributed by atoms with Crippen molar-refractivity contribution in [2.45, 2.75) is 19.3 Å². The first-order chi connectivity index (χ1) is 19.5. The molecule has 0 atom stereocenters. The second-order valence-electron chi connectivity index (χ2n) is 9.02. The van der Waals surface area contributed by atoms with Gasteiger partial charge in [0, 0.05) is 5.56 Å². The molecule has 2 aliphatic rings. The molecule has 5 rings (SSSR count). The average molecular weight is 558 g/mol. The number of amides is 2. The number of hydrogen-bond donors (Lipinski definition) is 1. The summed E-state index contributed by atoms with van der Waals surface area (Å²) in [7, 11) is 0. The zero-order valence-corrected chi connectivity index (χ0v) is 22.4. The van der Waals surface area contributed by atoms with Gasteiger partial charge in [-0.25, -0.2) is 0 Å². The van der Waals surface area contributed by atoms with E-state index in [1.807, 2.05) is 54.6 Å². The van der Waals surface area contributed by atoms with Crippen LogP contribution in [0.4, 0.5) is 4.79 Å². The number of carbonyl (C=O) groups is 3. The van der Waals surface area contributed by atoms with Crippen LogP contribution in [0.2, 0.25) is 0 Å². The van der Waals surface area contributed by atoms with Crippen LogP contribution in [0.1, 0.15) is 40.7 Å². The van der Waals surface area contributed by atoms with Crippen molar-refractivity contribution in [1.29, 1.82) is 0 Å². The van der Waals surface area contributed by atoms with Crippen LogP contribution in [0.15, 0.2) is 77.7 Å². The normalized spacial score (nSPS) is 15.1. The lowest BCUT2D eigenvalue weighted by Crippen LogP contribution is -2.17. The molecule has 1 saturated heterocycles. The number of allylic oxidation sites excluding steroid dienone is 1. The number of fused-ring (bicyclic) bond motifs is 1. The summed E-state index contributed by atoms with van der Waals surface area (Å²) in [5.41, 5.74) is 2.24. The van der Waals surface area contributed by atoms with E-state index in [1.54, 1.807) is 24.3 Å². The van der Waals surface area contributed by atoms with E-state index in [1.165, 1.54) is 6.08 Å². The Labute approximate surface area is 236 Å². The Bertz CT molecular complexity index is 1460. The molecule has 3 aromatic rings. The Kier molecular flexibility index (Phi) is 8.83. The van der Waals surface area contributed by atoms with Crippen LogP contribution >= 0.6 is 11.8 Å². The van der Waals surface area contributed by atoms with Gasteiger partial charge in [-0.1, -0.05) is 36.4 Å². The largest absolute Gasteiger partial charge is 0.494 e. The van der Waals surface area contributed by atoms with Crippen LogP contribution in [0.5, 0.6) is 23.0 Å². The number of benzene rings is 3. The minimum absolute atomic E-state index is 0.108. The molecule has 0 aliphatic carbocycles. The summed E-state index contributed by atoms with van der Waals surface area (Å²) >= 11 is 0.896. The van der Waals surface area contributed by atoms with Crippen molar-refractivity contribution >= 4 is 40.8 Å². The third-order valence-electron chi connectivity index (χ3n) is 6.09. The Morgan fingerprint density at radius 3 is 2.38 bits per heavy atom. The third-order valence-corrected chi connectivity index (χ3v) is 6.90. The van der Waals surface area contributed by atoms with Gasteiger partial charge in [0.05, 0.1) is 18.1 Å². The van der Waals surface area contributed by atoms with E-state index < -0.39 is 0 Å². The topological polar surface area (TPSA) is 100 Å². The van der Waals surface area contributed by atoms with Crippen molar-refractivity contribution in [1.82, 2.24) is 5.32 Å². The van der Waals surface area contributed by atoms with Gasteiger partial charge in [-0.05, 0) is 90.7 Å². The first kappa shape index (κ1) is 27.1. The smallest absolute Gasteiger partial charge is 0.290 e. The summed E-state index contributed by atoms with van der Waals surface area (Å²) in [4.78, 5) is 35.9. The van der Waals surface area contributed by atoms with Crippen molar-refractivity contribution in [2.75, 3.05) is 20.0 Å². The third kappa shape index (κ3) is 7.33. The number of unbranched alkanes of at least 4 members (excludes halogenated alkanes) is 2. The Morgan fingerprint density at radius 1 is 0.850 bits per heavy atom. The molecular formula is C31H27NO7S. The molecule has 3 aromatic carbocycles. The van der Waals surface area contributed by atoms with Crippen molar-refractivity contribution in [3.8, 4) is 23.0 Å². The quantitative estimate of drug-likeness (QED) is 0.158. The molecule has 9 heteroatoms. The first-order valence-corrected chi connectivity index (χ1v) is 13.7. The number of ketones is 1. The molecule has 40 heavy (non-hydrogen) atoms. The van der Waals surface area contributed by atoms with Gasteiger partial charge in [-0.15, -0.1) is 0 Å². The van der Waals surface area contributed by atoms with Gasteiger partial charge in [0.2, 0.25) is 6.79 Å². The highest BCUT2D eigenvalue weighted by atomic mass is 32.2. The molecule has 0 radical (unpaired) electrons. The molecule has 0 spiro atoms. The van der Waals surface area contributed by atoms with E-state index in [9.17, 15) is 14.4 Å². The summed E-state index contributed by atoms with van der Waals surface area (Å²) in [6.45, 7) is 1.33. The fourth-order valence-corrected chi connectivity index (χ4v) is 4.70. The molecular weight excluding hydrogens is 530 g/mol. The predicted molar refractivity (Wildman–Crippen MR) is 153 cm³/mol. The van der Waals surface area contributed by atoms with Gasteiger partial charge in [0.1, 0.15) is 11.5 Å². The van der Waals surface area contributed by atoms with E-state index in [4.69, 9.17) is 18.9 Å². The highest BCUT2D eigenvalue weighted by Crippen LogP contribution is 2.33. The lowest BCUT2D eigenvalue weighted by Gasteiger charge is -2.08. The summed E-state index contributed by atoms with van der Waals surface area (Å²) in [5.74, 6) is 2.31. The monoisotopic (exact) mass is 557 g/mol. The molecule has 1 N–H and O–H groups in total. The number of hydrogen-bond acceptors (Lipinski definition) is 8. The Balaban J connectivity index is 0.995. The van der Waals surface area contributed by atoms with E-state index in [-0.39, 0.29) is 23.7 Å². The van der Waals surface area contributed by atoms with E-state index in [2.05, 4.69) is 5.32 Å². The molecule has 0 aromatic heterocycles. The summed E-state index contributed by atoms with van der Waals surface area (Å²) in [5, 5.41) is 1.89. The number of rotatable bonds is 12. The Morgan fingerprint density at radius 2 is 1.60 bits per heavy atom. The minimum atomic E-state index is -0.369. The van der Waals surface area contributed by atoms with Crippen LogP contribution in [-0.4, -0.2) is 36.9 Å². The van der Waals surface area contributed by atoms with E-state index in [0.29, 0.717) is 40.9 Å². The van der Waals surface area contributed by atoms with Crippen molar-refractivity contribution in [3.05, 3.63) is 94.4 Å². The maximum Gasteiger partial charge on any atom is 0.290 e. The fourth-order valence-electron chi connectivity index (χ4n) is 4.02. The molecule has 0 unspecified atom stereocenters. The van der Waals surface area contributed by atoms with Crippen LogP contribution in [0.3, 0.4) is 0 Å². The van der Waals surface area contributed by atoms with Gasteiger partial charge in [0.25, 0.3) is 11.1 Å².